The highest BCUT2D eigenvalue weighted by Crippen LogP contribution is 2.34. The molecule has 0 atom stereocenters. The number of aromatic nitrogens is 2. The SMILES string of the molecule is CC(C)(C)OC(=O)N(C(=O)OC(C)(C)C)c1ncc2ccc(C[n+]3ccc(N)cc3)cc2c1Br.O=C([O-])C(F)(F)F. The molecule has 0 fully saturated rings. The lowest BCUT2D eigenvalue weighted by molar-refractivity contribution is -0.688. The number of carbonyl (C=O) groups excluding carboxylic acids is 3. The van der Waals surface area contributed by atoms with E-state index in [1.54, 1.807) is 47.7 Å². The minimum absolute atomic E-state index is 0.0910. The topological polar surface area (TPSA) is 139 Å². The van der Waals surface area contributed by atoms with Crippen molar-refractivity contribution in [1.29, 1.82) is 0 Å². The summed E-state index contributed by atoms with van der Waals surface area (Å²) < 4.78 is 45.0. The van der Waals surface area contributed by atoms with Crippen LogP contribution in [-0.4, -0.2) is 40.5 Å². The number of aliphatic carboxylic acids is 1. The smallest absolute Gasteiger partial charge is 0.430 e. The predicted molar refractivity (Wildman–Crippen MR) is 146 cm³/mol. The molecule has 0 bridgehead atoms. The number of pyridine rings is 2. The number of amides is 2. The molecule has 3 aromatic rings. The van der Waals surface area contributed by atoms with Crippen molar-refractivity contribution >= 4 is 56.4 Å². The number of imide groups is 1. The van der Waals surface area contributed by atoms with Crippen LogP contribution in [0.5, 0.6) is 0 Å². The first kappa shape index (κ1) is 33.3. The number of nitrogen functional groups attached to an aromatic ring is 1. The fourth-order valence-corrected chi connectivity index (χ4v) is 3.74. The molecule has 2 amide bonds. The van der Waals surface area contributed by atoms with E-state index in [-0.39, 0.29) is 5.82 Å². The summed E-state index contributed by atoms with van der Waals surface area (Å²) in [6.45, 7) is 11.0. The summed E-state index contributed by atoms with van der Waals surface area (Å²) in [5.74, 6) is -2.92. The molecule has 2 aromatic heterocycles. The number of rotatable bonds is 3. The normalized spacial score (nSPS) is 11.8. The van der Waals surface area contributed by atoms with Gasteiger partial charge in [0.1, 0.15) is 17.2 Å². The number of nitrogens with zero attached hydrogens (tertiary/aromatic N) is 3. The van der Waals surface area contributed by atoms with E-state index in [1.807, 2.05) is 47.3 Å². The van der Waals surface area contributed by atoms with E-state index in [0.717, 1.165) is 21.2 Å². The predicted octanol–water partition coefficient (Wildman–Crippen LogP) is 4.89. The van der Waals surface area contributed by atoms with Crippen molar-refractivity contribution in [3.05, 3.63) is 59.0 Å². The zero-order valence-corrected chi connectivity index (χ0v) is 24.8. The zero-order chi connectivity index (χ0) is 31.3. The van der Waals surface area contributed by atoms with Gasteiger partial charge in [0.15, 0.2) is 24.8 Å². The van der Waals surface area contributed by atoms with E-state index in [4.69, 9.17) is 25.1 Å². The van der Waals surface area contributed by atoms with E-state index in [0.29, 0.717) is 16.7 Å². The number of carbonyl (C=O) groups is 3. The van der Waals surface area contributed by atoms with Crippen molar-refractivity contribution in [3.8, 4) is 0 Å². The van der Waals surface area contributed by atoms with Crippen LogP contribution in [0.4, 0.5) is 34.3 Å². The highest BCUT2D eigenvalue weighted by atomic mass is 79.9. The molecule has 0 spiro atoms. The molecule has 222 valence electrons. The third-order valence-corrected chi connectivity index (χ3v) is 5.54. The number of benzene rings is 1. The molecule has 0 radical (unpaired) electrons. The van der Waals surface area contributed by atoms with Gasteiger partial charge in [-0.2, -0.15) is 18.1 Å². The molecule has 0 aliphatic carbocycles. The minimum Gasteiger partial charge on any atom is -0.542 e. The summed E-state index contributed by atoms with van der Waals surface area (Å²) in [5.41, 5.74) is 5.85. The third-order valence-electron chi connectivity index (χ3n) is 4.75. The molecule has 1 aromatic carbocycles. The number of anilines is 2. The summed E-state index contributed by atoms with van der Waals surface area (Å²) in [5, 5.41) is 10.4. The Bertz CT molecular complexity index is 1390. The molecule has 3 rings (SSSR count). The van der Waals surface area contributed by atoms with E-state index in [2.05, 4.69) is 20.9 Å². The first-order valence-corrected chi connectivity index (χ1v) is 12.8. The lowest BCUT2D eigenvalue weighted by atomic mass is 10.1. The number of fused-ring (bicyclic) bond motifs is 1. The summed E-state index contributed by atoms with van der Waals surface area (Å²) in [4.78, 5) is 40.1. The minimum atomic E-state index is -5.19. The molecule has 14 heteroatoms. The zero-order valence-electron chi connectivity index (χ0n) is 23.2. The summed E-state index contributed by atoms with van der Waals surface area (Å²) in [6.07, 6.45) is -1.53. The Balaban J connectivity index is 0.000000745. The van der Waals surface area contributed by atoms with E-state index in [9.17, 15) is 22.8 Å². The molecular weight excluding hydrogens is 613 g/mol. The number of halogens is 4. The Morgan fingerprint density at radius 2 is 1.46 bits per heavy atom. The molecule has 2 N–H and O–H groups in total. The summed E-state index contributed by atoms with van der Waals surface area (Å²) >= 11 is 3.56. The Kier molecular flexibility index (Phi) is 10.3. The second kappa shape index (κ2) is 12.7. The third kappa shape index (κ3) is 10.2. The summed E-state index contributed by atoms with van der Waals surface area (Å²) in [7, 11) is 0. The maximum atomic E-state index is 13.0. The van der Waals surface area contributed by atoms with Gasteiger partial charge in [0.25, 0.3) is 0 Å². The Hall–Kier alpha value is -3.94. The van der Waals surface area contributed by atoms with Crippen molar-refractivity contribution in [2.75, 3.05) is 10.6 Å². The lowest BCUT2D eigenvalue weighted by Gasteiger charge is -2.28. The van der Waals surface area contributed by atoms with Gasteiger partial charge in [0, 0.05) is 40.4 Å². The number of hydrogen-bond acceptors (Lipinski definition) is 8. The van der Waals surface area contributed by atoms with Gasteiger partial charge in [-0.1, -0.05) is 12.1 Å². The van der Waals surface area contributed by atoms with Crippen LogP contribution < -0.4 is 20.3 Å². The number of hydrogen-bond donors (Lipinski definition) is 1. The number of carboxylic acid groups (broad SMARTS) is 1. The van der Waals surface area contributed by atoms with Gasteiger partial charge in [-0.05, 0) is 63.5 Å². The van der Waals surface area contributed by atoms with Crippen LogP contribution in [0.3, 0.4) is 0 Å². The first-order chi connectivity index (χ1) is 18.7. The second-order valence-corrected chi connectivity index (χ2v) is 11.5. The van der Waals surface area contributed by atoms with Gasteiger partial charge in [-0.25, -0.2) is 19.1 Å². The van der Waals surface area contributed by atoms with Crippen LogP contribution in [0.15, 0.2) is 53.4 Å². The molecule has 0 saturated carbocycles. The van der Waals surface area contributed by atoms with Gasteiger partial charge in [0.2, 0.25) is 0 Å². The first-order valence-electron chi connectivity index (χ1n) is 12.0. The Morgan fingerprint density at radius 3 is 1.90 bits per heavy atom. The molecule has 2 heterocycles. The highest BCUT2D eigenvalue weighted by Gasteiger charge is 2.35. The number of ether oxygens (including phenoxy) is 2. The van der Waals surface area contributed by atoms with E-state index >= 15 is 0 Å². The number of alkyl halides is 3. The van der Waals surface area contributed by atoms with Crippen LogP contribution >= 0.6 is 15.9 Å². The van der Waals surface area contributed by atoms with Gasteiger partial charge in [0.05, 0.1) is 4.47 Å². The van der Waals surface area contributed by atoms with Gasteiger partial charge >= 0.3 is 18.4 Å². The van der Waals surface area contributed by atoms with Crippen LogP contribution in [0.1, 0.15) is 47.1 Å². The van der Waals surface area contributed by atoms with Crippen LogP contribution in [0.25, 0.3) is 10.8 Å². The van der Waals surface area contributed by atoms with Crippen molar-refractivity contribution < 1.29 is 46.7 Å². The fourth-order valence-electron chi connectivity index (χ4n) is 3.12. The van der Waals surface area contributed by atoms with Crippen LogP contribution in [0.2, 0.25) is 0 Å². The largest absolute Gasteiger partial charge is 0.542 e. The molecule has 0 saturated heterocycles. The molecule has 10 nitrogen and oxygen atoms in total. The number of carboxylic acids is 1. The second-order valence-electron chi connectivity index (χ2n) is 10.7. The van der Waals surface area contributed by atoms with Crippen molar-refractivity contribution in [3.63, 3.8) is 0 Å². The average molecular weight is 643 g/mol. The fraction of sp³-hybridized carbons (Fsp3) is 0.370. The Morgan fingerprint density at radius 1 is 0.976 bits per heavy atom. The van der Waals surface area contributed by atoms with Crippen LogP contribution in [0, 0.1) is 0 Å². The van der Waals surface area contributed by atoms with E-state index in [1.165, 1.54) is 0 Å². The monoisotopic (exact) mass is 642 g/mol. The van der Waals surface area contributed by atoms with Gasteiger partial charge in [-0.3, -0.25) is 0 Å². The van der Waals surface area contributed by atoms with Crippen molar-refractivity contribution in [2.24, 2.45) is 0 Å². The van der Waals surface area contributed by atoms with Crippen molar-refractivity contribution in [1.82, 2.24) is 4.98 Å². The summed E-state index contributed by atoms with van der Waals surface area (Å²) in [6, 6.07) is 9.59. The highest BCUT2D eigenvalue weighted by molar-refractivity contribution is 9.10. The van der Waals surface area contributed by atoms with Crippen LogP contribution in [-0.2, 0) is 20.8 Å². The van der Waals surface area contributed by atoms with Gasteiger partial charge in [-0.15, -0.1) is 0 Å². The Labute approximate surface area is 243 Å². The van der Waals surface area contributed by atoms with Gasteiger partial charge < -0.3 is 25.1 Å². The molecule has 41 heavy (non-hydrogen) atoms. The standard InChI is InChI=1S/C25H29BrN4O4.C2HF3O2/c1-24(2,3)33-22(31)30(23(32)34-25(4,5)6)21-20(26)19-13-16(7-8-17(19)14-28-21)15-29-11-9-18(27)10-12-29;3-2(4,5)1(6)7/h7-14,27H,15H2,1-6H3;(H,6,7). The molecular formula is C27H30BrF3N4O6. The van der Waals surface area contributed by atoms with E-state index < -0.39 is 35.5 Å². The van der Waals surface area contributed by atoms with Crippen molar-refractivity contribution in [2.45, 2.75) is 65.5 Å². The average Bonchev–Trinajstić information content (AvgIpc) is 2.80. The quantitative estimate of drug-likeness (QED) is 0.399. The molecule has 0 unspecified atom stereocenters. The maximum absolute atomic E-state index is 13.0. The number of nitrogens with two attached hydrogens (primary N) is 1. The molecule has 0 aliphatic rings. The molecule has 0 aliphatic heterocycles. The lowest BCUT2D eigenvalue weighted by Crippen LogP contribution is -2.44. The maximum Gasteiger partial charge on any atom is 0.430 e.